The van der Waals surface area contributed by atoms with Crippen LogP contribution in [0.1, 0.15) is 49.5 Å². The molecule has 1 aromatic carbocycles. The molecule has 0 bridgehead atoms. The molecular weight excluding hydrogens is 254 g/mol. The SMILES string of the molecule is CCCCNC(=O)C(C)Oc1ccc(C)cc1C(C)=O. The second-order valence-electron chi connectivity index (χ2n) is 4.96. The molecule has 20 heavy (non-hydrogen) atoms. The van der Waals surface area contributed by atoms with E-state index in [1.807, 2.05) is 13.0 Å². The number of amides is 1. The number of Topliss-reactive ketones (excluding diaryl/α,β-unsaturated/α-hetero) is 1. The standard InChI is InChI=1S/C16H23NO3/c1-5-6-9-17-16(19)13(4)20-15-8-7-11(2)10-14(15)12(3)18/h7-8,10,13H,5-6,9H2,1-4H3,(H,17,19). The second kappa shape index (κ2) is 7.68. The molecule has 1 unspecified atom stereocenters. The number of rotatable bonds is 7. The highest BCUT2D eigenvalue weighted by atomic mass is 16.5. The number of aryl methyl sites for hydroxylation is 1. The van der Waals surface area contributed by atoms with E-state index < -0.39 is 6.10 Å². The van der Waals surface area contributed by atoms with E-state index in [0.29, 0.717) is 17.9 Å². The summed E-state index contributed by atoms with van der Waals surface area (Å²) in [6.07, 6.45) is 1.36. The number of ether oxygens (including phenoxy) is 1. The zero-order valence-corrected chi connectivity index (χ0v) is 12.7. The summed E-state index contributed by atoms with van der Waals surface area (Å²) in [5.74, 6) is 0.233. The smallest absolute Gasteiger partial charge is 0.260 e. The van der Waals surface area contributed by atoms with Gasteiger partial charge in [-0.2, -0.15) is 0 Å². The molecule has 1 amide bonds. The Morgan fingerprint density at radius 3 is 2.65 bits per heavy atom. The summed E-state index contributed by atoms with van der Waals surface area (Å²) in [7, 11) is 0. The number of hydrogen-bond donors (Lipinski definition) is 1. The molecule has 1 aromatic rings. The molecule has 1 N–H and O–H groups in total. The highest BCUT2D eigenvalue weighted by Crippen LogP contribution is 2.21. The van der Waals surface area contributed by atoms with Gasteiger partial charge >= 0.3 is 0 Å². The van der Waals surface area contributed by atoms with Crippen molar-refractivity contribution in [2.24, 2.45) is 0 Å². The maximum absolute atomic E-state index is 11.8. The molecule has 0 aliphatic rings. The first-order chi connectivity index (χ1) is 9.45. The number of hydrogen-bond acceptors (Lipinski definition) is 3. The van der Waals surface area contributed by atoms with Crippen molar-refractivity contribution in [3.05, 3.63) is 29.3 Å². The summed E-state index contributed by atoms with van der Waals surface area (Å²) < 4.78 is 5.62. The van der Waals surface area contributed by atoms with Crippen molar-refractivity contribution in [3.63, 3.8) is 0 Å². The van der Waals surface area contributed by atoms with Gasteiger partial charge in [0.2, 0.25) is 0 Å². The van der Waals surface area contributed by atoms with Gasteiger partial charge in [0.25, 0.3) is 5.91 Å². The Balaban J connectivity index is 2.72. The Kier molecular flexibility index (Phi) is 6.22. The van der Waals surface area contributed by atoms with Gasteiger partial charge in [-0.3, -0.25) is 9.59 Å². The Bertz CT molecular complexity index is 483. The molecule has 0 fully saturated rings. The Morgan fingerprint density at radius 2 is 2.05 bits per heavy atom. The van der Waals surface area contributed by atoms with Crippen molar-refractivity contribution in [2.45, 2.75) is 46.6 Å². The fourth-order valence-electron chi connectivity index (χ4n) is 1.80. The zero-order chi connectivity index (χ0) is 15.1. The first-order valence-electron chi connectivity index (χ1n) is 7.01. The average molecular weight is 277 g/mol. The molecule has 0 spiro atoms. The lowest BCUT2D eigenvalue weighted by atomic mass is 10.1. The van der Waals surface area contributed by atoms with Gasteiger partial charge in [0.15, 0.2) is 11.9 Å². The van der Waals surface area contributed by atoms with E-state index in [2.05, 4.69) is 12.2 Å². The summed E-state index contributed by atoms with van der Waals surface area (Å²) in [6.45, 7) is 7.81. The normalized spacial score (nSPS) is 11.8. The van der Waals surface area contributed by atoms with Crippen molar-refractivity contribution >= 4 is 11.7 Å². The van der Waals surface area contributed by atoms with Gasteiger partial charge in [-0.1, -0.05) is 25.0 Å². The van der Waals surface area contributed by atoms with Crippen molar-refractivity contribution in [3.8, 4) is 5.75 Å². The van der Waals surface area contributed by atoms with Crippen LogP contribution in [0, 0.1) is 6.92 Å². The molecule has 1 rings (SSSR count). The lowest BCUT2D eigenvalue weighted by Crippen LogP contribution is -2.37. The Hall–Kier alpha value is -1.84. The van der Waals surface area contributed by atoms with Crippen LogP contribution in [-0.2, 0) is 4.79 Å². The van der Waals surface area contributed by atoms with Gasteiger partial charge < -0.3 is 10.1 Å². The van der Waals surface area contributed by atoms with Crippen LogP contribution in [0.25, 0.3) is 0 Å². The maximum Gasteiger partial charge on any atom is 0.260 e. The molecule has 4 nitrogen and oxygen atoms in total. The average Bonchev–Trinajstić information content (AvgIpc) is 2.40. The van der Waals surface area contributed by atoms with E-state index in [1.165, 1.54) is 6.92 Å². The third kappa shape index (κ3) is 4.68. The van der Waals surface area contributed by atoms with E-state index in [9.17, 15) is 9.59 Å². The molecule has 4 heteroatoms. The topological polar surface area (TPSA) is 55.4 Å². The number of carbonyl (C=O) groups is 2. The van der Waals surface area contributed by atoms with E-state index in [0.717, 1.165) is 18.4 Å². The van der Waals surface area contributed by atoms with Crippen molar-refractivity contribution in [1.82, 2.24) is 5.32 Å². The molecule has 1 atom stereocenters. The van der Waals surface area contributed by atoms with Gasteiger partial charge in [0.1, 0.15) is 5.75 Å². The van der Waals surface area contributed by atoms with E-state index in [-0.39, 0.29) is 11.7 Å². The van der Waals surface area contributed by atoms with E-state index in [1.54, 1.807) is 19.1 Å². The lowest BCUT2D eigenvalue weighted by molar-refractivity contribution is -0.127. The third-order valence-electron chi connectivity index (χ3n) is 3.02. The Labute approximate surface area is 120 Å². The van der Waals surface area contributed by atoms with Crippen molar-refractivity contribution < 1.29 is 14.3 Å². The Morgan fingerprint density at radius 1 is 1.35 bits per heavy atom. The van der Waals surface area contributed by atoms with Crippen LogP contribution in [0.4, 0.5) is 0 Å². The summed E-state index contributed by atoms with van der Waals surface area (Å²) in [4.78, 5) is 23.4. The fourth-order valence-corrected chi connectivity index (χ4v) is 1.80. The van der Waals surface area contributed by atoms with Crippen molar-refractivity contribution in [2.75, 3.05) is 6.54 Å². The molecule has 0 radical (unpaired) electrons. The van der Waals surface area contributed by atoms with Gasteiger partial charge in [0, 0.05) is 6.54 Å². The zero-order valence-electron chi connectivity index (χ0n) is 12.7. The van der Waals surface area contributed by atoms with Gasteiger partial charge in [0.05, 0.1) is 5.56 Å². The molecule has 0 saturated heterocycles. The third-order valence-corrected chi connectivity index (χ3v) is 3.02. The highest BCUT2D eigenvalue weighted by molar-refractivity contribution is 5.97. The lowest BCUT2D eigenvalue weighted by Gasteiger charge is -2.16. The first-order valence-corrected chi connectivity index (χ1v) is 7.01. The predicted molar refractivity (Wildman–Crippen MR) is 79.2 cm³/mol. The molecule has 0 aromatic heterocycles. The quantitative estimate of drug-likeness (QED) is 0.616. The van der Waals surface area contributed by atoms with Crippen molar-refractivity contribution in [1.29, 1.82) is 0 Å². The van der Waals surface area contributed by atoms with Crippen LogP contribution >= 0.6 is 0 Å². The van der Waals surface area contributed by atoms with Crippen LogP contribution in [0.15, 0.2) is 18.2 Å². The number of nitrogens with one attached hydrogen (secondary N) is 1. The minimum Gasteiger partial charge on any atom is -0.480 e. The molecular formula is C16H23NO3. The summed E-state index contributed by atoms with van der Waals surface area (Å²) >= 11 is 0. The monoisotopic (exact) mass is 277 g/mol. The highest BCUT2D eigenvalue weighted by Gasteiger charge is 2.17. The number of unbranched alkanes of at least 4 members (excludes halogenated alkanes) is 1. The largest absolute Gasteiger partial charge is 0.480 e. The number of benzene rings is 1. The summed E-state index contributed by atoms with van der Waals surface area (Å²) in [5.41, 5.74) is 1.50. The summed E-state index contributed by atoms with van der Waals surface area (Å²) in [5, 5.41) is 2.81. The van der Waals surface area contributed by atoms with Gasteiger partial charge in [-0.25, -0.2) is 0 Å². The summed E-state index contributed by atoms with van der Waals surface area (Å²) in [6, 6.07) is 5.38. The van der Waals surface area contributed by atoms with Crippen LogP contribution in [0.3, 0.4) is 0 Å². The predicted octanol–water partition coefficient (Wildman–Crippen LogP) is 2.88. The molecule has 0 aliphatic heterocycles. The molecule has 0 aliphatic carbocycles. The van der Waals surface area contributed by atoms with Gasteiger partial charge in [-0.15, -0.1) is 0 Å². The van der Waals surface area contributed by atoms with Crippen LogP contribution in [0.5, 0.6) is 5.75 Å². The maximum atomic E-state index is 11.8. The fraction of sp³-hybridized carbons (Fsp3) is 0.500. The molecule has 0 saturated carbocycles. The molecule has 110 valence electrons. The minimum atomic E-state index is -0.618. The van der Waals surface area contributed by atoms with E-state index in [4.69, 9.17) is 4.74 Å². The van der Waals surface area contributed by atoms with Crippen LogP contribution in [0.2, 0.25) is 0 Å². The number of carbonyl (C=O) groups excluding carboxylic acids is 2. The minimum absolute atomic E-state index is 0.0673. The van der Waals surface area contributed by atoms with Crippen LogP contribution < -0.4 is 10.1 Å². The first kappa shape index (κ1) is 16.2. The second-order valence-corrected chi connectivity index (χ2v) is 4.96. The van der Waals surface area contributed by atoms with E-state index >= 15 is 0 Å². The number of ketones is 1. The van der Waals surface area contributed by atoms with Gasteiger partial charge in [-0.05, 0) is 39.3 Å². The molecule has 0 heterocycles. The van der Waals surface area contributed by atoms with Crippen LogP contribution in [-0.4, -0.2) is 24.3 Å².